The average Bonchev–Trinajstić information content (AvgIpc) is 3.05. The highest BCUT2D eigenvalue weighted by Gasteiger charge is 2.22. The van der Waals surface area contributed by atoms with Gasteiger partial charge in [0.2, 0.25) is 0 Å². The molecule has 0 amide bonds. The summed E-state index contributed by atoms with van der Waals surface area (Å²) >= 11 is 0. The molecule has 8 heteroatoms. The van der Waals surface area contributed by atoms with Crippen LogP contribution in [-0.2, 0) is 15.7 Å². The predicted octanol–water partition coefficient (Wildman–Crippen LogP) is 4.07. The number of furan rings is 1. The molecule has 2 rings (SSSR count). The third-order valence-electron chi connectivity index (χ3n) is 3.59. The van der Waals surface area contributed by atoms with Crippen LogP contribution in [-0.4, -0.2) is 27.3 Å². The number of rotatable bonds is 11. The Labute approximate surface area is 148 Å². The second-order valence-electron chi connectivity index (χ2n) is 5.60. The topological polar surface area (TPSA) is 82.0 Å². The summed E-state index contributed by atoms with van der Waals surface area (Å²) < 4.78 is 34.9. The van der Waals surface area contributed by atoms with Gasteiger partial charge in [-0.3, -0.25) is 9.09 Å². The molecule has 140 valence electrons. The van der Waals surface area contributed by atoms with E-state index >= 15 is 0 Å². The monoisotopic (exact) mass is 370 g/mol. The molecule has 2 aromatic rings. The molecule has 0 fully saturated rings. The Morgan fingerprint density at radius 1 is 1.04 bits per heavy atom. The molecule has 2 N–H and O–H groups in total. The van der Waals surface area contributed by atoms with Gasteiger partial charge in [0, 0.05) is 24.5 Å². The quantitative estimate of drug-likeness (QED) is 0.577. The predicted molar refractivity (Wildman–Crippen MR) is 98.3 cm³/mol. The van der Waals surface area contributed by atoms with Crippen molar-refractivity contribution in [2.45, 2.75) is 33.3 Å². The van der Waals surface area contributed by atoms with Crippen molar-refractivity contribution in [3.63, 3.8) is 0 Å². The fourth-order valence-electron chi connectivity index (χ4n) is 2.31. The molecule has 0 spiro atoms. The van der Waals surface area contributed by atoms with Crippen LogP contribution in [0.25, 0.3) is 11.0 Å². The Balaban J connectivity index is 2.16. The summed E-state index contributed by atoms with van der Waals surface area (Å²) in [7, 11) is 0.0598. The molecule has 0 aliphatic carbocycles. The van der Waals surface area contributed by atoms with Gasteiger partial charge < -0.3 is 13.9 Å². The zero-order valence-corrected chi connectivity index (χ0v) is 16.2. The van der Waals surface area contributed by atoms with E-state index in [0.717, 1.165) is 18.2 Å². The smallest absolute Gasteiger partial charge is 0.341 e. The molecule has 0 saturated carbocycles. The highest BCUT2D eigenvalue weighted by Crippen LogP contribution is 2.40. The van der Waals surface area contributed by atoms with Crippen LogP contribution >= 0.6 is 7.67 Å². The van der Waals surface area contributed by atoms with Crippen molar-refractivity contribution in [1.82, 2.24) is 10.2 Å². The van der Waals surface area contributed by atoms with Crippen molar-refractivity contribution in [2.24, 2.45) is 0 Å². The van der Waals surface area contributed by atoms with Crippen molar-refractivity contribution in [3.05, 3.63) is 24.0 Å². The minimum atomic E-state index is -3.11. The van der Waals surface area contributed by atoms with Gasteiger partial charge in [0.05, 0.1) is 14.2 Å². The minimum absolute atomic E-state index is 0.0882. The van der Waals surface area contributed by atoms with E-state index in [1.165, 1.54) is 0 Å². The first-order chi connectivity index (χ1) is 12.0. The van der Waals surface area contributed by atoms with Gasteiger partial charge in [-0.25, -0.2) is 10.2 Å². The second-order valence-corrected chi connectivity index (χ2v) is 7.60. The number of methoxy groups -OCH3 is 2. The zero-order valence-electron chi connectivity index (χ0n) is 15.3. The molecule has 25 heavy (non-hydrogen) atoms. The fourth-order valence-corrected chi connectivity index (χ4v) is 3.95. The molecule has 0 aliphatic rings. The number of ether oxygens (including phenoxy) is 2. The second kappa shape index (κ2) is 9.25. The van der Waals surface area contributed by atoms with Crippen molar-refractivity contribution >= 4 is 18.6 Å². The average molecular weight is 370 g/mol. The summed E-state index contributed by atoms with van der Waals surface area (Å²) in [4.78, 5) is 0. The van der Waals surface area contributed by atoms with E-state index in [1.54, 1.807) is 20.3 Å². The maximum Gasteiger partial charge on any atom is 0.341 e. The maximum atomic E-state index is 12.8. The van der Waals surface area contributed by atoms with E-state index in [9.17, 15) is 4.57 Å². The van der Waals surface area contributed by atoms with Gasteiger partial charge in [-0.1, -0.05) is 13.8 Å². The third kappa shape index (κ3) is 5.22. The molecule has 7 nitrogen and oxygen atoms in total. The van der Waals surface area contributed by atoms with E-state index in [1.807, 2.05) is 26.0 Å². The van der Waals surface area contributed by atoms with Gasteiger partial charge in [-0.15, -0.1) is 0 Å². The molecule has 0 radical (unpaired) electrons. The Kier molecular flexibility index (Phi) is 7.32. The van der Waals surface area contributed by atoms with Gasteiger partial charge in [0.15, 0.2) is 11.3 Å². The molecular formula is C17H27N2O5P. The standard InChI is InChI=1S/C17H27N2O5P/c1-5-7-18-25(20,19-8-6-2)23-12-15-10-13-9-14(21-3)11-16(22-4)17(13)24-15/h9-11H,5-8,12H2,1-4H3,(H2,18,19,20). The first kappa shape index (κ1) is 19.8. The summed E-state index contributed by atoms with van der Waals surface area (Å²) in [6.45, 7) is 5.33. The Morgan fingerprint density at radius 3 is 2.28 bits per heavy atom. The van der Waals surface area contributed by atoms with Crippen LogP contribution in [0, 0.1) is 0 Å². The summed E-state index contributed by atoms with van der Waals surface area (Å²) in [6, 6.07) is 5.45. The molecule has 0 unspecified atom stereocenters. The van der Waals surface area contributed by atoms with Crippen LogP contribution in [0.15, 0.2) is 22.6 Å². The molecule has 1 aromatic heterocycles. The lowest BCUT2D eigenvalue weighted by Crippen LogP contribution is -2.25. The van der Waals surface area contributed by atoms with Crippen LogP contribution in [0.5, 0.6) is 11.5 Å². The molecule has 0 saturated heterocycles. The highest BCUT2D eigenvalue weighted by molar-refractivity contribution is 7.54. The van der Waals surface area contributed by atoms with Crippen LogP contribution < -0.4 is 19.6 Å². The van der Waals surface area contributed by atoms with E-state index in [0.29, 0.717) is 35.9 Å². The van der Waals surface area contributed by atoms with Crippen LogP contribution in [0.4, 0.5) is 0 Å². The van der Waals surface area contributed by atoms with Gasteiger partial charge in [0.1, 0.15) is 18.1 Å². The lowest BCUT2D eigenvalue weighted by molar-refractivity contribution is 0.260. The molecule has 0 atom stereocenters. The zero-order chi connectivity index (χ0) is 18.3. The van der Waals surface area contributed by atoms with Crippen molar-refractivity contribution < 1.29 is 23.0 Å². The Morgan fingerprint density at radius 2 is 1.72 bits per heavy atom. The Bertz CT molecular complexity index is 719. The summed E-state index contributed by atoms with van der Waals surface area (Å²) in [5.41, 5.74) is 0.611. The fraction of sp³-hybridized carbons (Fsp3) is 0.529. The van der Waals surface area contributed by atoms with Crippen LogP contribution in [0.3, 0.4) is 0 Å². The van der Waals surface area contributed by atoms with Crippen molar-refractivity contribution in [3.8, 4) is 11.5 Å². The van der Waals surface area contributed by atoms with Gasteiger partial charge in [-0.2, -0.15) is 0 Å². The van der Waals surface area contributed by atoms with Crippen LogP contribution in [0.1, 0.15) is 32.4 Å². The van der Waals surface area contributed by atoms with E-state index in [2.05, 4.69) is 10.2 Å². The van der Waals surface area contributed by atoms with Gasteiger partial charge >= 0.3 is 7.67 Å². The first-order valence-electron chi connectivity index (χ1n) is 8.44. The highest BCUT2D eigenvalue weighted by atomic mass is 31.2. The van der Waals surface area contributed by atoms with E-state index < -0.39 is 7.67 Å². The number of hydrogen-bond acceptors (Lipinski definition) is 5. The number of nitrogens with one attached hydrogen (secondary N) is 2. The maximum absolute atomic E-state index is 12.8. The van der Waals surface area contributed by atoms with Crippen molar-refractivity contribution in [1.29, 1.82) is 0 Å². The van der Waals surface area contributed by atoms with Crippen LogP contribution in [0.2, 0.25) is 0 Å². The van der Waals surface area contributed by atoms with E-state index in [4.69, 9.17) is 18.4 Å². The number of hydrogen-bond donors (Lipinski definition) is 2. The van der Waals surface area contributed by atoms with Crippen molar-refractivity contribution in [2.75, 3.05) is 27.3 Å². The third-order valence-corrected chi connectivity index (χ3v) is 5.36. The SMILES string of the molecule is CCCNP(=O)(NCCC)OCc1cc2cc(OC)cc(OC)c2o1. The number of benzene rings is 1. The lowest BCUT2D eigenvalue weighted by Gasteiger charge is -2.19. The molecule has 0 bridgehead atoms. The number of fused-ring (bicyclic) bond motifs is 1. The lowest BCUT2D eigenvalue weighted by atomic mass is 10.2. The van der Waals surface area contributed by atoms with E-state index in [-0.39, 0.29) is 6.61 Å². The van der Waals surface area contributed by atoms with Gasteiger partial charge in [0.25, 0.3) is 0 Å². The minimum Gasteiger partial charge on any atom is -0.497 e. The molecular weight excluding hydrogens is 343 g/mol. The molecule has 1 heterocycles. The summed E-state index contributed by atoms with van der Waals surface area (Å²) in [5.74, 6) is 1.83. The normalized spacial score (nSPS) is 11.8. The molecule has 0 aliphatic heterocycles. The largest absolute Gasteiger partial charge is 0.497 e. The molecule has 1 aromatic carbocycles. The first-order valence-corrected chi connectivity index (χ1v) is 10.1. The summed E-state index contributed by atoms with van der Waals surface area (Å²) in [6.07, 6.45) is 1.73. The Hall–Kier alpha value is -1.53. The summed E-state index contributed by atoms with van der Waals surface area (Å²) in [5, 5.41) is 6.76. The van der Waals surface area contributed by atoms with Gasteiger partial charge in [-0.05, 0) is 25.0 Å².